The molecule has 0 saturated carbocycles. The number of ether oxygens (including phenoxy) is 2. The zero-order valence-electron chi connectivity index (χ0n) is 24.3. The Balaban J connectivity index is 2.06. The average molecular weight is 691 g/mol. The van der Waals surface area contributed by atoms with Gasteiger partial charge < -0.3 is 9.47 Å². The first kappa shape index (κ1) is 38.4. The maximum atomic E-state index is 13.4. The first-order chi connectivity index (χ1) is 20.5. The second-order valence-corrected chi connectivity index (χ2v) is 14.1. The van der Waals surface area contributed by atoms with Crippen molar-refractivity contribution < 1.29 is 62.2 Å². The van der Waals surface area contributed by atoms with Gasteiger partial charge in [-0.2, -0.15) is 43.2 Å². The summed E-state index contributed by atoms with van der Waals surface area (Å²) in [6.45, 7) is 3.92. The smallest absolute Gasteiger partial charge is 0.379 e. The third kappa shape index (κ3) is 11.3. The lowest BCUT2D eigenvalue weighted by Crippen LogP contribution is -2.54. The number of carbonyl (C=O) groups is 2. The van der Waals surface area contributed by atoms with Crippen molar-refractivity contribution in [1.82, 2.24) is 18.4 Å². The largest absolute Gasteiger partial charge is 0.516 e. The van der Waals surface area contributed by atoms with Crippen molar-refractivity contribution in [2.45, 2.75) is 62.4 Å². The Kier molecular flexibility index (Phi) is 15.1. The lowest BCUT2D eigenvalue weighted by Gasteiger charge is -2.28. The molecule has 2 fully saturated rings. The van der Waals surface area contributed by atoms with Crippen LogP contribution >= 0.6 is 0 Å². The molecule has 0 N–H and O–H groups in total. The number of hydrogen-bond donors (Lipinski definition) is 0. The van der Waals surface area contributed by atoms with E-state index < -0.39 is 64.6 Å². The summed E-state index contributed by atoms with van der Waals surface area (Å²) in [5.74, 6) is -5.06. The molecule has 0 radical (unpaired) electrons. The molecule has 0 aromatic carbocycles. The number of sulfonamides is 2. The molecule has 0 spiro atoms. The zero-order chi connectivity index (χ0) is 33.0. The maximum Gasteiger partial charge on any atom is 0.516 e. The SMILES string of the molecule is O=C(C(=O)N(CCCCCCN1CCOCC1)S(=O)(=O)C(F)(F)F)N(CCCCCCN1CCOCC1)S(=O)(=O)C(F)(F)F. The van der Waals surface area contributed by atoms with Crippen LogP contribution < -0.4 is 0 Å². The van der Waals surface area contributed by atoms with Gasteiger partial charge in [0.05, 0.1) is 26.4 Å². The molecule has 2 saturated heterocycles. The summed E-state index contributed by atoms with van der Waals surface area (Å²) in [6.07, 6.45) is 1.58. The van der Waals surface area contributed by atoms with Crippen LogP contribution in [0.25, 0.3) is 0 Å². The van der Waals surface area contributed by atoms with E-state index in [0.717, 1.165) is 0 Å². The standard InChI is InChI=1S/C24H40F6N4O8S2/c25-23(26,27)43(37,38)33(11-7-3-1-5-9-31-13-17-41-18-14-31)21(35)22(36)34(44(39,40)24(28,29)30)12-8-4-2-6-10-32-15-19-42-20-16-32/h1-20H2. The second-order valence-electron chi connectivity index (χ2n) is 10.4. The molecule has 2 rings (SSSR count). The third-order valence-electron chi connectivity index (χ3n) is 7.18. The molecule has 0 aromatic heterocycles. The van der Waals surface area contributed by atoms with E-state index in [4.69, 9.17) is 9.47 Å². The molecule has 0 bridgehead atoms. The Bertz CT molecular complexity index is 1040. The highest BCUT2D eigenvalue weighted by molar-refractivity contribution is 7.91. The van der Waals surface area contributed by atoms with Crippen LogP contribution in [0.5, 0.6) is 0 Å². The fourth-order valence-corrected chi connectivity index (χ4v) is 6.49. The van der Waals surface area contributed by atoms with Crippen molar-refractivity contribution in [3.05, 3.63) is 0 Å². The average Bonchev–Trinajstić information content (AvgIpc) is 2.95. The summed E-state index contributed by atoms with van der Waals surface area (Å²) >= 11 is 0. The minimum Gasteiger partial charge on any atom is -0.379 e. The minimum absolute atomic E-state index is 0.130. The molecule has 0 aromatic rings. The molecule has 2 heterocycles. The maximum absolute atomic E-state index is 13.4. The molecule has 44 heavy (non-hydrogen) atoms. The molecule has 0 atom stereocenters. The molecule has 2 aliphatic rings. The number of rotatable bonds is 16. The number of hydrogen-bond acceptors (Lipinski definition) is 10. The zero-order valence-corrected chi connectivity index (χ0v) is 25.9. The van der Waals surface area contributed by atoms with Crippen LogP contribution in [-0.2, 0) is 39.1 Å². The molecular weight excluding hydrogens is 650 g/mol. The van der Waals surface area contributed by atoms with Gasteiger partial charge in [0, 0.05) is 39.3 Å². The van der Waals surface area contributed by atoms with Crippen LogP contribution in [0.3, 0.4) is 0 Å². The Labute approximate surface area is 253 Å². The van der Waals surface area contributed by atoms with Gasteiger partial charge in [0.1, 0.15) is 0 Å². The van der Waals surface area contributed by atoms with E-state index in [1.165, 1.54) is 0 Å². The molecule has 258 valence electrons. The van der Waals surface area contributed by atoms with Crippen LogP contribution in [0.4, 0.5) is 26.3 Å². The molecular formula is C24H40F6N4O8S2. The highest BCUT2D eigenvalue weighted by Crippen LogP contribution is 2.30. The van der Waals surface area contributed by atoms with Crippen molar-refractivity contribution in [1.29, 1.82) is 0 Å². The fraction of sp³-hybridized carbons (Fsp3) is 0.917. The number of alkyl halides is 6. The summed E-state index contributed by atoms with van der Waals surface area (Å²) in [5, 5.41) is 0. The molecule has 12 nitrogen and oxygen atoms in total. The number of nitrogens with zero attached hydrogens (tertiary/aromatic N) is 4. The van der Waals surface area contributed by atoms with Crippen LogP contribution in [0.15, 0.2) is 0 Å². The van der Waals surface area contributed by atoms with Crippen molar-refractivity contribution in [2.24, 2.45) is 0 Å². The van der Waals surface area contributed by atoms with Crippen molar-refractivity contribution in [3.63, 3.8) is 0 Å². The third-order valence-corrected chi connectivity index (χ3v) is 10.2. The van der Waals surface area contributed by atoms with E-state index in [9.17, 15) is 52.8 Å². The highest BCUT2D eigenvalue weighted by Gasteiger charge is 2.56. The first-order valence-corrected chi connectivity index (χ1v) is 17.2. The van der Waals surface area contributed by atoms with Gasteiger partial charge in [0.2, 0.25) is 0 Å². The molecule has 2 amide bonds. The van der Waals surface area contributed by atoms with Crippen LogP contribution in [-0.4, -0.2) is 137 Å². The predicted octanol–water partition coefficient (Wildman–Crippen LogP) is 2.13. The summed E-state index contributed by atoms with van der Waals surface area (Å²) in [6, 6.07) is 0. The van der Waals surface area contributed by atoms with Gasteiger partial charge in [-0.05, 0) is 38.8 Å². The lowest BCUT2D eigenvalue weighted by molar-refractivity contribution is -0.147. The van der Waals surface area contributed by atoms with Crippen molar-refractivity contribution in [2.75, 3.05) is 78.8 Å². The number of carbonyl (C=O) groups excluding carboxylic acids is 2. The van der Waals surface area contributed by atoms with Crippen LogP contribution in [0.2, 0.25) is 0 Å². The van der Waals surface area contributed by atoms with Gasteiger partial charge in [-0.15, -0.1) is 0 Å². The predicted molar refractivity (Wildman–Crippen MR) is 145 cm³/mol. The quantitative estimate of drug-likeness (QED) is 0.135. The van der Waals surface area contributed by atoms with E-state index in [1.54, 1.807) is 0 Å². The van der Waals surface area contributed by atoms with Crippen LogP contribution in [0.1, 0.15) is 51.4 Å². The summed E-state index contributed by atoms with van der Waals surface area (Å²) in [7, 11) is -13.1. The summed E-state index contributed by atoms with van der Waals surface area (Å²) in [4.78, 5) is 29.7. The van der Waals surface area contributed by atoms with E-state index in [-0.39, 0.29) is 25.7 Å². The second kappa shape index (κ2) is 17.3. The van der Waals surface area contributed by atoms with Gasteiger partial charge in [0.15, 0.2) is 0 Å². The number of halogens is 6. The summed E-state index contributed by atoms with van der Waals surface area (Å²) < 4.78 is 138. The van der Waals surface area contributed by atoms with Gasteiger partial charge >= 0.3 is 42.9 Å². The molecule has 0 unspecified atom stereocenters. The van der Waals surface area contributed by atoms with Gasteiger partial charge in [-0.25, -0.2) is 8.61 Å². The lowest BCUT2D eigenvalue weighted by atomic mass is 10.2. The van der Waals surface area contributed by atoms with Crippen molar-refractivity contribution >= 4 is 31.9 Å². The van der Waals surface area contributed by atoms with E-state index in [0.29, 0.717) is 91.4 Å². The van der Waals surface area contributed by atoms with Crippen LogP contribution in [0, 0.1) is 0 Å². The molecule has 2 aliphatic heterocycles. The Hall–Kier alpha value is -1.74. The number of unbranched alkanes of at least 4 members (excludes halogenated alkanes) is 6. The minimum atomic E-state index is -6.53. The number of amides is 2. The molecule has 0 aliphatic carbocycles. The topological polar surface area (TPSA) is 134 Å². The normalized spacial score (nSPS) is 17.9. The highest BCUT2D eigenvalue weighted by atomic mass is 32.2. The Morgan fingerprint density at radius 3 is 1.14 bits per heavy atom. The van der Waals surface area contributed by atoms with Crippen molar-refractivity contribution in [3.8, 4) is 0 Å². The Morgan fingerprint density at radius 1 is 0.545 bits per heavy atom. The Morgan fingerprint density at radius 2 is 0.841 bits per heavy atom. The molecule has 20 heteroatoms. The van der Waals surface area contributed by atoms with Gasteiger partial charge in [-0.3, -0.25) is 19.4 Å². The van der Waals surface area contributed by atoms with Gasteiger partial charge in [-0.1, -0.05) is 25.7 Å². The first-order valence-electron chi connectivity index (χ1n) is 14.4. The summed E-state index contributed by atoms with van der Waals surface area (Å²) in [5.41, 5.74) is -12.2. The van der Waals surface area contributed by atoms with E-state index in [2.05, 4.69) is 9.80 Å². The monoisotopic (exact) mass is 690 g/mol. The van der Waals surface area contributed by atoms with E-state index in [1.807, 2.05) is 0 Å². The van der Waals surface area contributed by atoms with Gasteiger partial charge in [0.25, 0.3) is 0 Å². The fourth-order valence-electron chi connectivity index (χ4n) is 4.66. The number of morpholine rings is 2. The van der Waals surface area contributed by atoms with E-state index >= 15 is 0 Å².